The van der Waals surface area contributed by atoms with Gasteiger partial charge in [-0.05, 0) is 93.0 Å². The molecule has 0 fully saturated rings. The maximum Gasteiger partial charge on any atom is 0.196 e. The van der Waals surface area contributed by atoms with Crippen LogP contribution in [0.15, 0.2) is 146 Å². The number of hydrogen-bond donors (Lipinski definition) is 0. The molecule has 6 aromatic carbocycles. The summed E-state index contributed by atoms with van der Waals surface area (Å²) in [6.45, 7) is 12.3. The molecule has 0 amide bonds. The van der Waals surface area contributed by atoms with E-state index in [0.717, 1.165) is 72.1 Å². The van der Waals surface area contributed by atoms with E-state index in [4.69, 9.17) is 21.5 Å². The summed E-state index contributed by atoms with van der Waals surface area (Å²) >= 11 is 0. The van der Waals surface area contributed by atoms with Gasteiger partial charge in [0.2, 0.25) is 0 Å². The van der Waals surface area contributed by atoms with E-state index in [1.54, 1.807) is 6.07 Å². The highest BCUT2D eigenvalue weighted by Crippen LogP contribution is 2.53. The first-order chi connectivity index (χ1) is 25.9. The molecular formula is C47H30N6. The molecule has 2 aromatic heterocycles. The monoisotopic (exact) mass is 678 g/mol. The predicted molar refractivity (Wildman–Crippen MR) is 211 cm³/mol. The zero-order valence-corrected chi connectivity index (χ0v) is 29.0. The Morgan fingerprint density at radius 1 is 0.566 bits per heavy atom. The van der Waals surface area contributed by atoms with E-state index < -0.39 is 5.41 Å². The number of rotatable bonds is 5. The van der Waals surface area contributed by atoms with Gasteiger partial charge in [0.15, 0.2) is 23.2 Å². The van der Waals surface area contributed by atoms with E-state index >= 15 is 0 Å². The highest BCUT2D eigenvalue weighted by atomic mass is 15.0. The molecule has 0 saturated carbocycles. The molecule has 0 radical (unpaired) electrons. The maximum atomic E-state index is 9.76. The number of benzene rings is 6. The number of aromatic nitrogens is 4. The second-order valence-corrected chi connectivity index (χ2v) is 13.8. The molecule has 0 saturated heterocycles. The third-order valence-corrected chi connectivity index (χ3v) is 10.2. The number of fused-ring (bicyclic) bond motifs is 4. The average molecular weight is 679 g/mol. The van der Waals surface area contributed by atoms with Crippen LogP contribution in [0.3, 0.4) is 0 Å². The molecule has 6 heteroatoms. The van der Waals surface area contributed by atoms with Gasteiger partial charge in [-0.3, -0.25) is 4.98 Å². The molecule has 0 spiro atoms. The first-order valence-electron chi connectivity index (χ1n) is 17.4. The van der Waals surface area contributed by atoms with Crippen LogP contribution in [0.5, 0.6) is 0 Å². The van der Waals surface area contributed by atoms with Gasteiger partial charge in [0.05, 0.1) is 18.2 Å². The van der Waals surface area contributed by atoms with Crippen molar-refractivity contribution in [3.05, 3.63) is 174 Å². The van der Waals surface area contributed by atoms with E-state index in [-0.39, 0.29) is 0 Å². The molecule has 0 unspecified atom stereocenters. The van der Waals surface area contributed by atoms with Gasteiger partial charge in [-0.15, -0.1) is 0 Å². The van der Waals surface area contributed by atoms with E-state index in [1.165, 1.54) is 0 Å². The molecule has 248 valence electrons. The molecule has 1 aliphatic rings. The van der Waals surface area contributed by atoms with E-state index in [0.29, 0.717) is 28.7 Å². The van der Waals surface area contributed by atoms with Gasteiger partial charge in [-0.2, -0.15) is 5.26 Å². The lowest BCUT2D eigenvalue weighted by molar-refractivity contribution is 0.660. The van der Waals surface area contributed by atoms with Gasteiger partial charge in [0, 0.05) is 39.3 Å². The molecule has 0 atom stereocenters. The van der Waals surface area contributed by atoms with Gasteiger partial charge in [-0.1, -0.05) is 105 Å². The second kappa shape index (κ2) is 12.5. The number of pyridine rings is 1. The lowest BCUT2D eigenvalue weighted by Gasteiger charge is -2.22. The summed E-state index contributed by atoms with van der Waals surface area (Å²) < 4.78 is 0. The number of nitrogens with zero attached hydrogens (tertiary/aromatic N) is 6. The molecule has 6 nitrogen and oxygen atoms in total. The molecule has 1 aliphatic carbocycles. The van der Waals surface area contributed by atoms with E-state index in [9.17, 15) is 5.26 Å². The standard InChI is InChI=1S/C47H30N6/c1-47(2)39-26-33(18-19-38(39)43-40(47)21-29(28-48)22-42(43)49-3)35-23-36(34-17-16-30-15-10-20-50-41(30)27-34)25-37(24-35)46-52-44(31-11-6-4-7-12-31)51-45(53-46)32-13-8-5-9-14-32/h4-27H,1-2H3. The first kappa shape index (κ1) is 31.7. The largest absolute Gasteiger partial charge is 0.256 e. The summed E-state index contributed by atoms with van der Waals surface area (Å²) in [5.41, 5.74) is 12.3. The van der Waals surface area contributed by atoms with Crippen molar-refractivity contribution in [2.75, 3.05) is 0 Å². The Kier molecular flexibility index (Phi) is 7.47. The van der Waals surface area contributed by atoms with Crippen LogP contribution in [0.4, 0.5) is 5.69 Å². The van der Waals surface area contributed by atoms with Gasteiger partial charge in [0.25, 0.3) is 0 Å². The molecule has 0 aliphatic heterocycles. The van der Waals surface area contributed by atoms with Crippen LogP contribution in [-0.2, 0) is 5.41 Å². The van der Waals surface area contributed by atoms with Gasteiger partial charge < -0.3 is 0 Å². The van der Waals surface area contributed by atoms with Crippen LogP contribution in [0.1, 0.15) is 30.5 Å². The van der Waals surface area contributed by atoms with Gasteiger partial charge in [0.1, 0.15) is 0 Å². The molecular weight excluding hydrogens is 649 g/mol. The highest BCUT2D eigenvalue weighted by molar-refractivity contribution is 5.93. The van der Waals surface area contributed by atoms with Crippen molar-refractivity contribution in [1.29, 1.82) is 5.26 Å². The van der Waals surface area contributed by atoms with E-state index in [2.05, 4.69) is 90.4 Å². The summed E-state index contributed by atoms with van der Waals surface area (Å²) in [5, 5.41) is 10.8. The smallest absolute Gasteiger partial charge is 0.196 e. The summed E-state index contributed by atoms with van der Waals surface area (Å²) in [6.07, 6.45) is 1.82. The van der Waals surface area contributed by atoms with Crippen LogP contribution >= 0.6 is 0 Å². The minimum Gasteiger partial charge on any atom is -0.256 e. The SMILES string of the molecule is [C-]#[N+]c1cc(C#N)cc2c1-c1ccc(-c3cc(-c4ccc5cccnc5c4)cc(-c4nc(-c5ccccc5)nc(-c5ccccc5)n4)c3)cc1C2(C)C. The molecule has 0 bridgehead atoms. The van der Waals surface area contributed by atoms with Crippen molar-refractivity contribution in [2.45, 2.75) is 19.3 Å². The minimum absolute atomic E-state index is 0.416. The normalized spacial score (nSPS) is 12.5. The van der Waals surface area contributed by atoms with Crippen molar-refractivity contribution in [1.82, 2.24) is 19.9 Å². The zero-order valence-electron chi connectivity index (χ0n) is 29.0. The first-order valence-corrected chi connectivity index (χ1v) is 17.4. The maximum absolute atomic E-state index is 9.76. The van der Waals surface area contributed by atoms with Crippen molar-refractivity contribution < 1.29 is 0 Å². The predicted octanol–water partition coefficient (Wildman–Crippen LogP) is 11.5. The third kappa shape index (κ3) is 5.51. The Bertz CT molecular complexity index is 2770. The third-order valence-electron chi connectivity index (χ3n) is 10.2. The lowest BCUT2D eigenvalue weighted by Crippen LogP contribution is -2.15. The van der Waals surface area contributed by atoms with Crippen LogP contribution in [0, 0.1) is 17.9 Å². The summed E-state index contributed by atoms with van der Waals surface area (Å²) in [6, 6.07) is 49.2. The molecule has 0 N–H and O–H groups in total. The Labute approximate surface area is 307 Å². The fourth-order valence-electron chi connectivity index (χ4n) is 7.43. The number of hydrogen-bond acceptors (Lipinski definition) is 5. The van der Waals surface area contributed by atoms with Crippen molar-refractivity contribution in [2.24, 2.45) is 0 Å². The Morgan fingerprint density at radius 3 is 1.81 bits per heavy atom. The Hall–Kier alpha value is -7.28. The fourth-order valence-corrected chi connectivity index (χ4v) is 7.43. The van der Waals surface area contributed by atoms with Crippen molar-refractivity contribution >= 4 is 16.6 Å². The highest BCUT2D eigenvalue weighted by Gasteiger charge is 2.37. The van der Waals surface area contributed by atoms with Crippen molar-refractivity contribution in [3.63, 3.8) is 0 Å². The molecule has 8 aromatic rings. The van der Waals surface area contributed by atoms with Crippen LogP contribution < -0.4 is 0 Å². The molecule has 53 heavy (non-hydrogen) atoms. The lowest BCUT2D eigenvalue weighted by atomic mass is 9.81. The summed E-state index contributed by atoms with van der Waals surface area (Å²) in [4.78, 5) is 23.6. The quantitative estimate of drug-likeness (QED) is 0.169. The number of nitriles is 1. The minimum atomic E-state index is -0.416. The van der Waals surface area contributed by atoms with Crippen LogP contribution in [0.25, 0.3) is 83.3 Å². The molecule has 9 rings (SSSR count). The second-order valence-electron chi connectivity index (χ2n) is 13.8. The van der Waals surface area contributed by atoms with Gasteiger partial charge >= 0.3 is 0 Å². The topological polar surface area (TPSA) is 79.7 Å². The summed E-state index contributed by atoms with van der Waals surface area (Å²) in [7, 11) is 0. The Balaban J connectivity index is 1.26. The average Bonchev–Trinajstić information content (AvgIpc) is 3.45. The van der Waals surface area contributed by atoms with Gasteiger partial charge in [-0.25, -0.2) is 19.8 Å². The fraction of sp³-hybridized carbons (Fsp3) is 0.0638. The zero-order chi connectivity index (χ0) is 36.1. The van der Waals surface area contributed by atoms with Crippen LogP contribution in [-0.4, -0.2) is 19.9 Å². The summed E-state index contributed by atoms with van der Waals surface area (Å²) in [5.74, 6) is 1.76. The van der Waals surface area contributed by atoms with Crippen molar-refractivity contribution in [3.8, 4) is 73.6 Å². The van der Waals surface area contributed by atoms with Crippen LogP contribution in [0.2, 0.25) is 0 Å². The Morgan fingerprint density at radius 2 is 1.17 bits per heavy atom. The molecule has 2 heterocycles. The van der Waals surface area contributed by atoms with E-state index in [1.807, 2.05) is 79.0 Å².